The average Bonchev–Trinajstić information content (AvgIpc) is 3.31. The van der Waals surface area contributed by atoms with Crippen molar-refractivity contribution in [2.45, 2.75) is 24.5 Å². The average molecular weight is 464 g/mol. The molecule has 7 N–H and O–H groups in total. The molecule has 4 rings (SSSR count). The third-order valence-electron chi connectivity index (χ3n) is 4.64. The number of nitrogens with one attached hydrogen (secondary N) is 2. The molecule has 2 amide bonds. The van der Waals surface area contributed by atoms with Crippen LogP contribution in [0.25, 0.3) is 11.2 Å². The van der Waals surface area contributed by atoms with Crippen LogP contribution in [0.4, 0.5) is 22.2 Å². The van der Waals surface area contributed by atoms with Gasteiger partial charge in [0.25, 0.3) is 5.95 Å². The van der Waals surface area contributed by atoms with E-state index in [0.717, 1.165) is 0 Å². The number of carbonyl (C=O) groups excluding carboxylic acids is 1. The molecule has 0 aliphatic carbocycles. The van der Waals surface area contributed by atoms with Crippen molar-refractivity contribution in [1.29, 1.82) is 0 Å². The predicted molar refractivity (Wildman–Crippen MR) is 111 cm³/mol. The van der Waals surface area contributed by atoms with Gasteiger partial charge < -0.3 is 31.1 Å². The second-order valence-electron chi connectivity index (χ2n) is 6.71. The number of halogens is 1. The number of nitrogen functional groups attached to an aromatic ring is 1. The third-order valence-corrected chi connectivity index (χ3v) is 4.97. The molecule has 4 atom stereocenters. The van der Waals surface area contributed by atoms with Crippen LogP contribution < -0.4 is 16.5 Å². The van der Waals surface area contributed by atoms with Crippen LogP contribution in [0, 0.1) is 0 Å². The van der Waals surface area contributed by atoms with E-state index in [1.54, 1.807) is 24.3 Å². The lowest BCUT2D eigenvalue weighted by Crippen LogP contribution is -2.33. The first-order valence-electron chi connectivity index (χ1n) is 9.23. The highest BCUT2D eigenvalue weighted by Gasteiger charge is 2.44. The largest absolute Gasteiger partial charge is 0.394 e. The van der Waals surface area contributed by atoms with E-state index < -0.39 is 37.2 Å². The van der Waals surface area contributed by atoms with Crippen molar-refractivity contribution in [3.8, 4) is 0 Å². The number of carbonyl (C=O) groups is 1. The maximum absolute atomic E-state index is 11.9. The Labute approximate surface area is 184 Å². The van der Waals surface area contributed by atoms with Gasteiger partial charge in [0.2, 0.25) is 0 Å². The number of anilines is 2. The number of aromatic nitrogens is 4. The number of rotatable bonds is 5. The van der Waals surface area contributed by atoms with Crippen molar-refractivity contribution >= 4 is 46.2 Å². The van der Waals surface area contributed by atoms with Crippen molar-refractivity contribution in [1.82, 2.24) is 24.9 Å². The van der Waals surface area contributed by atoms with Crippen molar-refractivity contribution < 1.29 is 24.9 Å². The van der Waals surface area contributed by atoms with Gasteiger partial charge in [-0.15, -0.1) is 0 Å². The smallest absolute Gasteiger partial charge is 0.341 e. The van der Waals surface area contributed by atoms with Crippen LogP contribution in [-0.2, 0) is 4.74 Å². The Morgan fingerprint density at radius 2 is 2.06 bits per heavy atom. The van der Waals surface area contributed by atoms with E-state index in [2.05, 4.69) is 36.0 Å². The van der Waals surface area contributed by atoms with Crippen molar-refractivity contribution in [3.63, 3.8) is 0 Å². The van der Waals surface area contributed by atoms with Crippen molar-refractivity contribution in [3.05, 3.63) is 35.6 Å². The van der Waals surface area contributed by atoms with Gasteiger partial charge in [-0.2, -0.15) is 9.97 Å². The predicted octanol–water partition coefficient (Wildman–Crippen LogP) is 0.494. The van der Waals surface area contributed by atoms with Gasteiger partial charge in [-0.25, -0.2) is 15.2 Å². The number of nitrogens with zero attached hydrogens (tertiary/aromatic N) is 6. The lowest BCUT2D eigenvalue weighted by molar-refractivity contribution is -0.0511. The Kier molecular flexibility index (Phi) is 6.11. The Morgan fingerprint density at radius 3 is 2.78 bits per heavy atom. The molecule has 15 heteroatoms. The van der Waals surface area contributed by atoms with Crippen LogP contribution in [0.1, 0.15) is 6.23 Å². The minimum absolute atomic E-state index is 0.0324. The van der Waals surface area contributed by atoms with E-state index in [1.165, 1.54) is 10.9 Å². The molecule has 0 spiro atoms. The zero-order valence-corrected chi connectivity index (χ0v) is 17.0. The first-order chi connectivity index (χ1) is 15.4. The molecule has 1 fully saturated rings. The quantitative estimate of drug-likeness (QED) is 0.229. The number of urea groups is 1. The van der Waals surface area contributed by atoms with Gasteiger partial charge in [0.05, 0.1) is 23.6 Å². The van der Waals surface area contributed by atoms with E-state index in [0.29, 0.717) is 10.7 Å². The molecule has 168 valence electrons. The Balaban J connectivity index is 1.52. The summed E-state index contributed by atoms with van der Waals surface area (Å²) in [6, 6.07) is 5.93. The second-order valence-corrected chi connectivity index (χ2v) is 7.11. The van der Waals surface area contributed by atoms with Gasteiger partial charge in [-0.1, -0.05) is 34.1 Å². The molecule has 1 saturated heterocycles. The maximum atomic E-state index is 11.9. The van der Waals surface area contributed by atoms with Crippen LogP contribution >= 0.6 is 11.6 Å². The minimum atomic E-state index is -1.35. The molecule has 0 unspecified atom stereocenters. The SMILES string of the molecule is Nc1nc(N=NNC(=O)Nc2ccccc2Cl)nc2c1ncn2[C@@H]1O[C@H](CO)[C@@H](O)[C@H]1O. The standard InChI is InChI=1S/C17H18ClN9O5/c18-7-3-1-2-4-8(7)21-17(31)25-26-24-16-22-13(19)10-14(23-16)27(6-20-10)15-12(30)11(29)9(5-28)32-15/h1-4,6,9,11-12,15,28-30H,5H2,(H4,19,21,22,23,24,25,31)/t9-,11-,12-,15-/m1/s1. The van der Waals surface area contributed by atoms with E-state index >= 15 is 0 Å². The molecule has 1 aliphatic rings. The molecular weight excluding hydrogens is 446 g/mol. The third kappa shape index (κ3) is 4.17. The first-order valence-corrected chi connectivity index (χ1v) is 9.61. The Bertz CT molecular complexity index is 1170. The zero-order chi connectivity index (χ0) is 22.8. The molecule has 1 aliphatic heterocycles. The van der Waals surface area contributed by atoms with Gasteiger partial charge in [0.15, 0.2) is 17.7 Å². The molecule has 0 bridgehead atoms. The van der Waals surface area contributed by atoms with Crippen molar-refractivity contribution in [2.75, 3.05) is 17.7 Å². The van der Waals surface area contributed by atoms with Gasteiger partial charge in [-0.05, 0) is 12.1 Å². The Morgan fingerprint density at radius 1 is 1.28 bits per heavy atom. The molecule has 2 aromatic heterocycles. The number of fused-ring (bicyclic) bond motifs is 1. The van der Waals surface area contributed by atoms with Gasteiger partial charge in [0.1, 0.15) is 23.8 Å². The first kappa shape index (κ1) is 21.8. The number of aliphatic hydroxyl groups is 3. The minimum Gasteiger partial charge on any atom is -0.394 e. The van der Waals surface area contributed by atoms with Gasteiger partial charge >= 0.3 is 6.03 Å². The molecule has 32 heavy (non-hydrogen) atoms. The highest BCUT2D eigenvalue weighted by Crippen LogP contribution is 2.32. The number of hydrogen-bond acceptors (Lipinski definition) is 11. The highest BCUT2D eigenvalue weighted by molar-refractivity contribution is 6.33. The zero-order valence-electron chi connectivity index (χ0n) is 16.2. The number of nitrogens with two attached hydrogens (primary N) is 1. The lowest BCUT2D eigenvalue weighted by atomic mass is 10.1. The summed E-state index contributed by atoms with van der Waals surface area (Å²) in [5.41, 5.74) is 8.77. The summed E-state index contributed by atoms with van der Waals surface area (Å²) in [5, 5.41) is 39.6. The number of amides is 2. The van der Waals surface area contributed by atoms with Gasteiger partial charge in [-0.3, -0.25) is 4.57 Å². The molecule has 14 nitrogen and oxygen atoms in total. The number of aliphatic hydroxyl groups excluding tert-OH is 3. The molecule has 3 aromatic rings. The monoisotopic (exact) mass is 463 g/mol. The summed E-state index contributed by atoms with van der Waals surface area (Å²) in [4.78, 5) is 24.1. The molecule has 0 radical (unpaired) electrons. The van der Waals surface area contributed by atoms with E-state index in [9.17, 15) is 20.1 Å². The fraction of sp³-hybridized carbons (Fsp3) is 0.294. The topological polar surface area (TPSA) is 205 Å². The van der Waals surface area contributed by atoms with E-state index in [4.69, 9.17) is 22.1 Å². The summed E-state index contributed by atoms with van der Waals surface area (Å²) in [5.74, 6) is -0.239. The second kappa shape index (κ2) is 8.97. The Hall–Kier alpha value is -3.43. The summed E-state index contributed by atoms with van der Waals surface area (Å²) in [6.07, 6.45) is -3.41. The summed E-state index contributed by atoms with van der Waals surface area (Å²) < 4.78 is 6.81. The summed E-state index contributed by atoms with van der Waals surface area (Å²) in [7, 11) is 0. The number of benzene rings is 1. The molecule has 0 saturated carbocycles. The molecule has 3 heterocycles. The fourth-order valence-electron chi connectivity index (χ4n) is 3.10. The number of para-hydroxylation sites is 1. The molecule has 1 aromatic carbocycles. The van der Waals surface area contributed by atoms with Crippen molar-refractivity contribution in [2.24, 2.45) is 10.3 Å². The summed E-state index contributed by atoms with van der Waals surface area (Å²) in [6.45, 7) is -0.486. The van der Waals surface area contributed by atoms with E-state index in [1.807, 2.05) is 0 Å². The van der Waals surface area contributed by atoms with Crippen LogP contribution in [0.2, 0.25) is 5.02 Å². The van der Waals surface area contributed by atoms with Crippen LogP contribution in [0.5, 0.6) is 0 Å². The normalized spacial score (nSPS) is 23.1. The lowest BCUT2D eigenvalue weighted by Gasteiger charge is -2.16. The van der Waals surface area contributed by atoms with Crippen LogP contribution in [0.15, 0.2) is 40.9 Å². The highest BCUT2D eigenvalue weighted by atomic mass is 35.5. The molecular formula is C17H18ClN9O5. The van der Waals surface area contributed by atoms with Crippen LogP contribution in [0.3, 0.4) is 0 Å². The summed E-state index contributed by atoms with van der Waals surface area (Å²) >= 11 is 5.97. The number of ether oxygens (including phenoxy) is 1. The maximum Gasteiger partial charge on any atom is 0.341 e. The number of hydrogen-bond donors (Lipinski definition) is 6. The van der Waals surface area contributed by atoms with Crippen LogP contribution in [-0.4, -0.2) is 65.8 Å². The fourth-order valence-corrected chi connectivity index (χ4v) is 3.28. The van der Waals surface area contributed by atoms with Gasteiger partial charge in [0, 0.05) is 0 Å². The van der Waals surface area contributed by atoms with E-state index in [-0.39, 0.29) is 22.9 Å². The number of imidazole rings is 1.